The third-order valence-electron chi connectivity index (χ3n) is 8.65. The smallest absolute Gasteiger partial charge is 0.316 e. The molecule has 1 unspecified atom stereocenters. The Bertz CT molecular complexity index is 1160. The number of carbonyl (C=O) groups is 2. The number of piperidine rings is 2. The zero-order valence-electron chi connectivity index (χ0n) is 19.3. The molecule has 0 bridgehead atoms. The van der Waals surface area contributed by atoms with Gasteiger partial charge < -0.3 is 10.2 Å². The zero-order valence-corrected chi connectivity index (χ0v) is 19.3. The second-order valence-electron chi connectivity index (χ2n) is 10.9. The molecule has 4 aliphatic rings. The summed E-state index contributed by atoms with van der Waals surface area (Å²) >= 11 is 0. The summed E-state index contributed by atoms with van der Waals surface area (Å²) in [6, 6.07) is 5.62. The number of nitrogens with zero attached hydrogens (tertiary/aromatic N) is 3. The molecule has 2 amide bonds. The van der Waals surface area contributed by atoms with Crippen LogP contribution in [0.4, 0.5) is 0 Å². The summed E-state index contributed by atoms with van der Waals surface area (Å²) < 4.78 is 3.20. The highest BCUT2D eigenvalue weighted by Gasteiger charge is 2.48. The fourth-order valence-electron chi connectivity index (χ4n) is 6.74. The van der Waals surface area contributed by atoms with Crippen LogP contribution < -0.4 is 16.3 Å². The van der Waals surface area contributed by atoms with E-state index in [1.54, 1.807) is 16.2 Å². The summed E-state index contributed by atoms with van der Waals surface area (Å²) in [7, 11) is 1.77. The average molecular weight is 452 g/mol. The number of aromatic nitrogens is 2. The van der Waals surface area contributed by atoms with Crippen LogP contribution >= 0.6 is 0 Å². The molecule has 2 N–H and O–H groups in total. The van der Waals surface area contributed by atoms with Gasteiger partial charge in [0.1, 0.15) is 6.04 Å². The number of amides is 2. The van der Waals surface area contributed by atoms with Crippen LogP contribution in [0.3, 0.4) is 0 Å². The number of likely N-dealkylation sites (tertiary alicyclic amines) is 1. The van der Waals surface area contributed by atoms with Crippen molar-refractivity contribution in [1.82, 2.24) is 24.7 Å². The van der Waals surface area contributed by atoms with Gasteiger partial charge in [-0.25, -0.2) is 4.79 Å². The highest BCUT2D eigenvalue weighted by Crippen LogP contribution is 2.48. The molecule has 8 nitrogen and oxygen atoms in total. The molecule has 8 heteroatoms. The van der Waals surface area contributed by atoms with E-state index in [2.05, 4.69) is 27.7 Å². The first-order valence-corrected chi connectivity index (χ1v) is 12.4. The molecular formula is C25H33N5O3. The Morgan fingerprint density at radius 1 is 1.03 bits per heavy atom. The van der Waals surface area contributed by atoms with Crippen LogP contribution in [0.5, 0.6) is 0 Å². The molecule has 33 heavy (non-hydrogen) atoms. The number of rotatable bonds is 4. The highest BCUT2D eigenvalue weighted by atomic mass is 16.2. The summed E-state index contributed by atoms with van der Waals surface area (Å²) in [5, 5.41) is 5.80. The van der Waals surface area contributed by atoms with Crippen molar-refractivity contribution in [2.24, 2.45) is 18.4 Å². The van der Waals surface area contributed by atoms with Gasteiger partial charge in [-0.1, -0.05) is 6.07 Å². The third kappa shape index (κ3) is 3.54. The minimum Gasteiger partial charge on any atom is -0.316 e. The molecule has 2 aromatic rings. The lowest BCUT2D eigenvalue weighted by Crippen LogP contribution is -2.61. The number of aryl methyl sites for hydroxylation is 1. The molecule has 1 saturated carbocycles. The predicted octanol–water partition coefficient (Wildman–Crippen LogP) is 1.50. The first-order valence-electron chi connectivity index (χ1n) is 12.4. The monoisotopic (exact) mass is 451 g/mol. The van der Waals surface area contributed by atoms with Gasteiger partial charge in [0.25, 0.3) is 0 Å². The van der Waals surface area contributed by atoms with E-state index < -0.39 is 6.04 Å². The first kappa shape index (κ1) is 21.1. The van der Waals surface area contributed by atoms with E-state index >= 15 is 0 Å². The lowest BCUT2D eigenvalue weighted by molar-refractivity contribution is -0.135. The first-order chi connectivity index (χ1) is 15.9. The predicted molar refractivity (Wildman–Crippen MR) is 125 cm³/mol. The molecule has 1 aromatic heterocycles. The molecule has 1 aromatic carbocycles. The minimum atomic E-state index is -0.630. The Hall–Kier alpha value is -2.45. The molecule has 0 radical (unpaired) electrons. The fraction of sp³-hybridized carbons (Fsp3) is 0.640. The number of hydrogen-bond donors (Lipinski definition) is 2. The van der Waals surface area contributed by atoms with Crippen molar-refractivity contribution in [2.75, 3.05) is 32.7 Å². The van der Waals surface area contributed by atoms with Gasteiger partial charge >= 0.3 is 5.69 Å². The molecule has 1 spiro atoms. The maximum atomic E-state index is 13.0. The van der Waals surface area contributed by atoms with Crippen LogP contribution in [0.25, 0.3) is 11.0 Å². The largest absolute Gasteiger partial charge is 0.329 e. The van der Waals surface area contributed by atoms with Gasteiger partial charge in [0, 0.05) is 33.1 Å². The number of imidazole rings is 1. The van der Waals surface area contributed by atoms with Crippen LogP contribution in [0.1, 0.15) is 56.0 Å². The Kier molecular flexibility index (Phi) is 4.99. The number of imide groups is 1. The zero-order chi connectivity index (χ0) is 22.7. The minimum absolute atomic E-state index is 0.202. The average Bonchev–Trinajstić information content (AvgIpc) is 3.00. The molecule has 4 heterocycles. The van der Waals surface area contributed by atoms with Gasteiger partial charge in [-0.3, -0.25) is 24.0 Å². The quantitative estimate of drug-likeness (QED) is 0.688. The van der Waals surface area contributed by atoms with Crippen molar-refractivity contribution < 1.29 is 9.59 Å². The number of carbonyl (C=O) groups excluding carboxylic acids is 2. The summed E-state index contributed by atoms with van der Waals surface area (Å²) in [6.07, 6.45) is 5.71. The molecule has 3 saturated heterocycles. The SMILES string of the molecule is Cn1c(=O)n(C2CCC(=O)NC2=O)c2ccc(C3CCN(CC4CC5(CNC5)C4)CC3)cc21. The molecule has 1 atom stereocenters. The van der Waals surface area contributed by atoms with E-state index in [-0.39, 0.29) is 23.9 Å². The summed E-state index contributed by atoms with van der Waals surface area (Å²) in [5.41, 5.74) is 3.35. The summed E-state index contributed by atoms with van der Waals surface area (Å²) in [4.78, 5) is 39.6. The van der Waals surface area contributed by atoms with Crippen molar-refractivity contribution in [3.8, 4) is 0 Å². The topological polar surface area (TPSA) is 88.4 Å². The van der Waals surface area contributed by atoms with Gasteiger partial charge in [-0.05, 0) is 80.1 Å². The molecule has 176 valence electrons. The second kappa shape index (κ2) is 7.81. The summed E-state index contributed by atoms with van der Waals surface area (Å²) in [5.74, 6) is 0.725. The Labute approximate surface area is 193 Å². The van der Waals surface area contributed by atoms with Crippen LogP contribution in [0.2, 0.25) is 0 Å². The molecular weight excluding hydrogens is 418 g/mol. The number of hydrogen-bond acceptors (Lipinski definition) is 5. The van der Waals surface area contributed by atoms with Gasteiger partial charge in [0.05, 0.1) is 11.0 Å². The normalized spacial score (nSPS) is 26.4. The van der Waals surface area contributed by atoms with E-state index in [4.69, 9.17) is 0 Å². The number of benzene rings is 1. The standard InChI is InChI=1S/C25H33N5O3/c1-28-21-10-18(2-3-19(21)30(24(28)33)20-4-5-22(31)27-23(20)32)17-6-8-29(9-7-17)13-16-11-25(12-16)14-26-15-25/h2-3,10,16-17,20,26H,4-9,11-15H2,1H3,(H,27,31,32). The molecule has 3 aliphatic heterocycles. The number of nitrogens with one attached hydrogen (secondary N) is 2. The van der Waals surface area contributed by atoms with Crippen LogP contribution in [-0.2, 0) is 16.6 Å². The van der Waals surface area contributed by atoms with Gasteiger partial charge in [-0.2, -0.15) is 0 Å². The van der Waals surface area contributed by atoms with Gasteiger partial charge in [0.15, 0.2) is 0 Å². The van der Waals surface area contributed by atoms with E-state index in [0.717, 1.165) is 42.9 Å². The van der Waals surface area contributed by atoms with Gasteiger partial charge in [0.2, 0.25) is 11.8 Å². The molecule has 1 aliphatic carbocycles. The second-order valence-corrected chi connectivity index (χ2v) is 10.9. The maximum absolute atomic E-state index is 13.0. The lowest BCUT2D eigenvalue weighted by Gasteiger charge is -2.55. The Balaban J connectivity index is 1.15. The maximum Gasteiger partial charge on any atom is 0.329 e. The van der Waals surface area contributed by atoms with Crippen LogP contribution in [0.15, 0.2) is 23.0 Å². The van der Waals surface area contributed by atoms with Crippen molar-refractivity contribution >= 4 is 22.8 Å². The van der Waals surface area contributed by atoms with Crippen molar-refractivity contribution in [3.05, 3.63) is 34.2 Å². The third-order valence-corrected chi connectivity index (χ3v) is 8.65. The van der Waals surface area contributed by atoms with Crippen molar-refractivity contribution in [3.63, 3.8) is 0 Å². The summed E-state index contributed by atoms with van der Waals surface area (Å²) in [6.45, 7) is 5.97. The van der Waals surface area contributed by atoms with Crippen LogP contribution in [-0.4, -0.2) is 58.6 Å². The number of fused-ring (bicyclic) bond motifs is 1. The van der Waals surface area contributed by atoms with Gasteiger partial charge in [-0.15, -0.1) is 0 Å². The Morgan fingerprint density at radius 2 is 1.79 bits per heavy atom. The van der Waals surface area contributed by atoms with Crippen molar-refractivity contribution in [1.29, 1.82) is 0 Å². The van der Waals surface area contributed by atoms with E-state index in [0.29, 0.717) is 17.8 Å². The Morgan fingerprint density at radius 3 is 2.45 bits per heavy atom. The fourth-order valence-corrected chi connectivity index (χ4v) is 6.74. The van der Waals surface area contributed by atoms with Crippen molar-refractivity contribution in [2.45, 2.75) is 50.5 Å². The van der Waals surface area contributed by atoms with E-state index in [1.165, 1.54) is 38.0 Å². The highest BCUT2D eigenvalue weighted by molar-refractivity contribution is 6.00. The van der Waals surface area contributed by atoms with E-state index in [9.17, 15) is 14.4 Å². The van der Waals surface area contributed by atoms with Crippen LogP contribution in [0, 0.1) is 11.3 Å². The molecule has 4 fully saturated rings. The van der Waals surface area contributed by atoms with E-state index in [1.807, 2.05) is 6.07 Å². The lowest BCUT2D eigenvalue weighted by atomic mass is 9.58. The molecule has 6 rings (SSSR count).